The van der Waals surface area contributed by atoms with Crippen LogP contribution < -0.4 is 15.4 Å². The van der Waals surface area contributed by atoms with E-state index in [0.717, 1.165) is 4.68 Å². The quantitative estimate of drug-likeness (QED) is 0.679. The molecule has 0 aliphatic carbocycles. The van der Waals surface area contributed by atoms with Crippen LogP contribution in [0.3, 0.4) is 0 Å². The van der Waals surface area contributed by atoms with Gasteiger partial charge in [-0.25, -0.2) is 22.0 Å². The summed E-state index contributed by atoms with van der Waals surface area (Å²) in [6.07, 6.45) is 0.0123. The van der Waals surface area contributed by atoms with Crippen molar-refractivity contribution in [2.45, 2.75) is 26.8 Å². The van der Waals surface area contributed by atoms with Crippen molar-refractivity contribution in [3.05, 3.63) is 36.2 Å². The zero-order valence-electron chi connectivity index (χ0n) is 14.2. The summed E-state index contributed by atoms with van der Waals surface area (Å²) >= 11 is 0. The number of sulfonamides is 1. The summed E-state index contributed by atoms with van der Waals surface area (Å²) in [5, 5.41) is 8.76. The lowest BCUT2D eigenvalue weighted by molar-refractivity contribution is 0.122. The van der Waals surface area contributed by atoms with E-state index in [4.69, 9.17) is 0 Å². The third-order valence-electron chi connectivity index (χ3n) is 3.35. The second-order valence-electron chi connectivity index (χ2n) is 5.46. The minimum absolute atomic E-state index is 0.0475. The monoisotopic (exact) mass is 387 g/mol. The number of hydrogen-bond donors (Lipinski definition) is 3. The number of alkyl halides is 2. The predicted octanol–water partition coefficient (Wildman–Crippen LogP) is 2.86. The minimum atomic E-state index is -3.39. The molecule has 0 bridgehead atoms. The van der Waals surface area contributed by atoms with Crippen molar-refractivity contribution in [3.8, 4) is 0 Å². The number of aromatic nitrogens is 2. The van der Waals surface area contributed by atoms with Crippen LogP contribution in [0.5, 0.6) is 0 Å². The molecule has 0 saturated heterocycles. The van der Waals surface area contributed by atoms with Crippen molar-refractivity contribution in [2.75, 3.05) is 21.1 Å². The number of halogens is 2. The highest BCUT2D eigenvalue weighted by Gasteiger charge is 2.11. The first-order valence-corrected chi connectivity index (χ1v) is 9.33. The van der Waals surface area contributed by atoms with Crippen LogP contribution in [0.2, 0.25) is 0 Å². The molecule has 0 saturated carbocycles. The molecule has 0 atom stereocenters. The summed E-state index contributed by atoms with van der Waals surface area (Å²) in [4.78, 5) is 12.0. The molecule has 0 spiro atoms. The molecule has 8 nitrogen and oxygen atoms in total. The van der Waals surface area contributed by atoms with Crippen LogP contribution in [0.4, 0.5) is 30.6 Å². The Hall–Kier alpha value is -2.69. The number of amides is 2. The van der Waals surface area contributed by atoms with Crippen LogP contribution in [-0.4, -0.2) is 36.4 Å². The number of anilines is 3. The first-order valence-electron chi connectivity index (χ1n) is 7.68. The predicted molar refractivity (Wildman–Crippen MR) is 95.1 cm³/mol. The smallest absolute Gasteiger partial charge is 0.308 e. The van der Waals surface area contributed by atoms with Crippen LogP contribution in [0.1, 0.15) is 12.5 Å². The molecule has 0 aliphatic heterocycles. The SMILES string of the molecule is CCS(=O)(=O)Nc1ccc(NC(=O)Nc2cnn(CC(F)F)c2)cc1C. The summed E-state index contributed by atoms with van der Waals surface area (Å²) in [5.74, 6) is -0.0475. The number of carbonyl (C=O) groups is 1. The van der Waals surface area contributed by atoms with Crippen molar-refractivity contribution < 1.29 is 22.0 Å². The van der Waals surface area contributed by atoms with Gasteiger partial charge in [-0.1, -0.05) is 0 Å². The van der Waals surface area contributed by atoms with E-state index in [1.165, 1.54) is 19.3 Å². The Morgan fingerprint density at radius 3 is 2.58 bits per heavy atom. The Bertz CT molecular complexity index is 883. The molecule has 11 heteroatoms. The van der Waals surface area contributed by atoms with Gasteiger partial charge in [-0.3, -0.25) is 9.40 Å². The molecule has 2 amide bonds. The van der Waals surface area contributed by atoms with Crippen molar-refractivity contribution in [2.24, 2.45) is 0 Å². The van der Waals surface area contributed by atoms with E-state index < -0.39 is 29.0 Å². The van der Waals surface area contributed by atoms with Gasteiger partial charge < -0.3 is 10.6 Å². The molecule has 0 radical (unpaired) electrons. The van der Waals surface area contributed by atoms with Gasteiger partial charge >= 0.3 is 6.03 Å². The molecule has 1 aromatic carbocycles. The second kappa shape index (κ2) is 8.13. The first kappa shape index (κ1) is 19.6. The minimum Gasteiger partial charge on any atom is -0.308 e. The third kappa shape index (κ3) is 5.69. The average Bonchev–Trinajstić information content (AvgIpc) is 2.96. The van der Waals surface area contributed by atoms with Crippen LogP contribution in [0.15, 0.2) is 30.6 Å². The van der Waals surface area contributed by atoms with Gasteiger partial charge in [-0.05, 0) is 37.6 Å². The van der Waals surface area contributed by atoms with Crippen LogP contribution in [0, 0.1) is 6.92 Å². The molecule has 1 heterocycles. The average molecular weight is 387 g/mol. The largest absolute Gasteiger partial charge is 0.323 e. The molecule has 2 aromatic rings. The van der Waals surface area contributed by atoms with Crippen molar-refractivity contribution in [1.82, 2.24) is 9.78 Å². The Morgan fingerprint density at radius 2 is 1.96 bits per heavy atom. The summed E-state index contributed by atoms with van der Waals surface area (Å²) in [5.41, 5.74) is 1.77. The highest BCUT2D eigenvalue weighted by atomic mass is 32.2. The molecule has 26 heavy (non-hydrogen) atoms. The maximum Gasteiger partial charge on any atom is 0.323 e. The van der Waals surface area contributed by atoms with E-state index in [1.807, 2.05) is 0 Å². The standard InChI is InChI=1S/C15H19F2N5O3S/c1-3-26(24,25)21-13-5-4-11(6-10(13)2)19-15(23)20-12-7-18-22(8-12)9-14(16)17/h4-8,14,21H,3,9H2,1-2H3,(H2,19,20,23). The van der Waals surface area contributed by atoms with E-state index in [1.54, 1.807) is 25.1 Å². The van der Waals surface area contributed by atoms with Gasteiger partial charge in [0.15, 0.2) is 0 Å². The van der Waals surface area contributed by atoms with Crippen molar-refractivity contribution in [3.63, 3.8) is 0 Å². The fraction of sp³-hybridized carbons (Fsp3) is 0.333. The molecule has 0 fully saturated rings. The lowest BCUT2D eigenvalue weighted by Crippen LogP contribution is -2.19. The van der Waals surface area contributed by atoms with Gasteiger partial charge in [0, 0.05) is 11.9 Å². The number of nitrogens with zero attached hydrogens (tertiary/aromatic N) is 2. The van der Waals surface area contributed by atoms with E-state index in [2.05, 4.69) is 20.5 Å². The normalized spacial score (nSPS) is 11.4. The zero-order chi connectivity index (χ0) is 19.3. The van der Waals surface area contributed by atoms with Crippen molar-refractivity contribution in [1.29, 1.82) is 0 Å². The first-order chi connectivity index (χ1) is 12.2. The highest BCUT2D eigenvalue weighted by Crippen LogP contribution is 2.21. The number of rotatable bonds is 7. The molecule has 3 N–H and O–H groups in total. The van der Waals surface area contributed by atoms with Crippen LogP contribution in [-0.2, 0) is 16.6 Å². The number of benzene rings is 1. The molecular weight excluding hydrogens is 368 g/mol. The fourth-order valence-electron chi connectivity index (χ4n) is 2.06. The van der Waals surface area contributed by atoms with Gasteiger partial charge in [0.05, 0.1) is 23.3 Å². The summed E-state index contributed by atoms with van der Waals surface area (Å²) in [7, 11) is -3.39. The van der Waals surface area contributed by atoms with Crippen LogP contribution >= 0.6 is 0 Å². The molecule has 0 unspecified atom stereocenters. The van der Waals surface area contributed by atoms with Crippen molar-refractivity contribution >= 4 is 33.1 Å². The number of aryl methyl sites for hydroxylation is 1. The summed E-state index contributed by atoms with van der Waals surface area (Å²) in [6, 6.07) is 4.11. The number of urea groups is 1. The Labute approximate surface area is 149 Å². The molecule has 2 rings (SSSR count). The van der Waals surface area contributed by atoms with E-state index in [-0.39, 0.29) is 11.4 Å². The molecular formula is C15H19F2N5O3S. The summed E-state index contributed by atoms with van der Waals surface area (Å²) < 4.78 is 51.2. The van der Waals surface area contributed by atoms with E-state index in [9.17, 15) is 22.0 Å². The lowest BCUT2D eigenvalue weighted by atomic mass is 10.2. The number of nitrogens with one attached hydrogen (secondary N) is 3. The van der Waals surface area contributed by atoms with E-state index >= 15 is 0 Å². The zero-order valence-corrected chi connectivity index (χ0v) is 15.0. The van der Waals surface area contributed by atoms with Gasteiger partial charge in [0.1, 0.15) is 6.54 Å². The van der Waals surface area contributed by atoms with E-state index in [0.29, 0.717) is 16.9 Å². The van der Waals surface area contributed by atoms with Gasteiger partial charge in [0.2, 0.25) is 10.0 Å². The Balaban J connectivity index is 1.98. The topological polar surface area (TPSA) is 105 Å². The lowest BCUT2D eigenvalue weighted by Gasteiger charge is -2.12. The molecule has 0 aliphatic rings. The maximum absolute atomic E-state index is 12.3. The Morgan fingerprint density at radius 1 is 1.27 bits per heavy atom. The van der Waals surface area contributed by atoms with Gasteiger partial charge in [-0.15, -0.1) is 0 Å². The second-order valence-corrected chi connectivity index (χ2v) is 7.47. The number of hydrogen-bond acceptors (Lipinski definition) is 4. The Kier molecular flexibility index (Phi) is 6.14. The van der Waals surface area contributed by atoms with Gasteiger partial charge in [-0.2, -0.15) is 5.10 Å². The highest BCUT2D eigenvalue weighted by molar-refractivity contribution is 7.92. The maximum atomic E-state index is 12.3. The van der Waals surface area contributed by atoms with Gasteiger partial charge in [0.25, 0.3) is 6.43 Å². The fourth-order valence-corrected chi connectivity index (χ4v) is 2.77. The molecule has 142 valence electrons. The molecule has 1 aromatic heterocycles. The number of carbonyl (C=O) groups excluding carboxylic acids is 1. The summed E-state index contributed by atoms with van der Waals surface area (Å²) in [6.45, 7) is 2.67. The third-order valence-corrected chi connectivity index (χ3v) is 4.64. The van der Waals surface area contributed by atoms with Crippen LogP contribution in [0.25, 0.3) is 0 Å².